The van der Waals surface area contributed by atoms with Gasteiger partial charge < -0.3 is 4.57 Å². The van der Waals surface area contributed by atoms with E-state index in [0.717, 1.165) is 0 Å². The second-order valence-electron chi connectivity index (χ2n) is 1.93. The summed E-state index contributed by atoms with van der Waals surface area (Å²) in [6.45, 7) is 2.36. The third-order valence-electron chi connectivity index (χ3n) is 1.24. The summed E-state index contributed by atoms with van der Waals surface area (Å²) < 4.78 is 23.0. The van der Waals surface area contributed by atoms with Gasteiger partial charge in [0.05, 0.1) is 0 Å². The van der Waals surface area contributed by atoms with Crippen LogP contribution in [0.4, 0.5) is 0 Å². The number of aromatic nitrogens is 2. The molecule has 0 aromatic carbocycles. The number of halogens is 1. The maximum atomic E-state index is 10.8. The summed E-state index contributed by atoms with van der Waals surface area (Å²) in [6.07, 6.45) is 2.97. The Morgan fingerprint density at radius 1 is 1.73 bits per heavy atom. The number of imidazole rings is 1. The molecule has 1 rings (SSSR count). The quantitative estimate of drug-likeness (QED) is 0.656. The highest BCUT2D eigenvalue weighted by molar-refractivity contribution is 8.13. The predicted molar refractivity (Wildman–Crippen MR) is 40.9 cm³/mol. The Balaban J connectivity index is 3.24. The third-order valence-corrected chi connectivity index (χ3v) is 2.43. The summed E-state index contributed by atoms with van der Waals surface area (Å²) in [4.78, 5) is 3.60. The molecule has 0 amide bonds. The molecular weight excluding hydrogens is 188 g/mol. The van der Waals surface area contributed by atoms with Gasteiger partial charge in [0.2, 0.25) is 5.16 Å². The van der Waals surface area contributed by atoms with E-state index >= 15 is 0 Å². The average molecular weight is 195 g/mol. The molecule has 62 valence electrons. The van der Waals surface area contributed by atoms with Crippen LogP contribution < -0.4 is 0 Å². The molecule has 0 atom stereocenters. The lowest BCUT2D eigenvalue weighted by Gasteiger charge is -1.98. The Labute approximate surface area is 69.2 Å². The van der Waals surface area contributed by atoms with Crippen molar-refractivity contribution in [3.63, 3.8) is 0 Å². The number of hydrogen-bond donors (Lipinski definition) is 0. The molecule has 0 saturated heterocycles. The average Bonchev–Trinajstić information content (AvgIpc) is 2.31. The molecule has 0 N–H and O–H groups in total. The molecule has 0 radical (unpaired) electrons. The summed E-state index contributed by atoms with van der Waals surface area (Å²) in [5.41, 5.74) is 0. The molecule has 0 aliphatic heterocycles. The SMILES string of the molecule is CCn1ccnc1S(=O)(=O)Cl. The van der Waals surface area contributed by atoms with Crippen LogP contribution in [0.3, 0.4) is 0 Å². The van der Waals surface area contributed by atoms with E-state index in [2.05, 4.69) is 4.98 Å². The zero-order valence-electron chi connectivity index (χ0n) is 5.86. The van der Waals surface area contributed by atoms with E-state index in [1.807, 2.05) is 6.92 Å². The molecule has 1 aromatic heterocycles. The molecular formula is C5H7ClN2O2S. The van der Waals surface area contributed by atoms with Crippen LogP contribution in [-0.2, 0) is 15.6 Å². The molecule has 0 aliphatic rings. The van der Waals surface area contributed by atoms with Crippen LogP contribution in [0.25, 0.3) is 0 Å². The highest BCUT2D eigenvalue weighted by Crippen LogP contribution is 2.11. The molecule has 0 saturated carbocycles. The van der Waals surface area contributed by atoms with E-state index in [0.29, 0.717) is 6.54 Å². The van der Waals surface area contributed by atoms with Gasteiger partial charge in [0.1, 0.15) is 0 Å². The highest BCUT2D eigenvalue weighted by Gasteiger charge is 2.15. The summed E-state index contributed by atoms with van der Waals surface area (Å²) in [7, 11) is 1.39. The standard InChI is InChI=1S/C5H7ClN2O2S/c1-2-8-4-3-7-5(8)11(6,9)10/h3-4H,2H2,1H3. The summed E-state index contributed by atoms with van der Waals surface area (Å²) in [6, 6.07) is 0. The fourth-order valence-corrected chi connectivity index (χ4v) is 1.80. The van der Waals surface area contributed by atoms with Crippen molar-refractivity contribution in [2.45, 2.75) is 18.6 Å². The molecule has 0 aliphatic carbocycles. The number of aryl methyl sites for hydroxylation is 1. The zero-order chi connectivity index (χ0) is 8.48. The predicted octanol–water partition coefficient (Wildman–Crippen LogP) is 0.831. The first kappa shape index (κ1) is 8.55. The van der Waals surface area contributed by atoms with E-state index < -0.39 is 9.05 Å². The van der Waals surface area contributed by atoms with Crippen molar-refractivity contribution in [1.82, 2.24) is 9.55 Å². The first-order chi connectivity index (χ1) is 5.05. The lowest BCUT2D eigenvalue weighted by atomic mass is 10.7. The molecule has 4 nitrogen and oxygen atoms in total. The van der Waals surface area contributed by atoms with E-state index in [9.17, 15) is 8.42 Å². The monoisotopic (exact) mass is 194 g/mol. The molecule has 0 fully saturated rings. The van der Waals surface area contributed by atoms with Gasteiger partial charge in [-0.05, 0) is 6.92 Å². The highest BCUT2D eigenvalue weighted by atomic mass is 35.7. The lowest BCUT2D eigenvalue weighted by molar-refractivity contribution is 0.582. The molecule has 6 heteroatoms. The number of rotatable bonds is 2. The maximum Gasteiger partial charge on any atom is 0.295 e. The Bertz CT molecular complexity index is 343. The Morgan fingerprint density at radius 3 is 2.73 bits per heavy atom. The maximum absolute atomic E-state index is 10.8. The summed E-state index contributed by atoms with van der Waals surface area (Å²) >= 11 is 0. The fourth-order valence-electron chi connectivity index (χ4n) is 0.759. The van der Waals surface area contributed by atoms with Gasteiger partial charge in [-0.1, -0.05) is 0 Å². The van der Waals surface area contributed by atoms with Gasteiger partial charge in [-0.25, -0.2) is 13.4 Å². The Hall–Kier alpha value is -0.550. The second-order valence-corrected chi connectivity index (χ2v) is 4.39. The first-order valence-electron chi connectivity index (χ1n) is 3.01. The van der Waals surface area contributed by atoms with E-state index in [-0.39, 0.29) is 5.16 Å². The van der Waals surface area contributed by atoms with Gasteiger partial charge in [-0.2, -0.15) is 0 Å². The van der Waals surface area contributed by atoms with Gasteiger partial charge >= 0.3 is 0 Å². The number of nitrogens with zero attached hydrogens (tertiary/aromatic N) is 2. The van der Waals surface area contributed by atoms with Crippen LogP contribution in [0.1, 0.15) is 6.92 Å². The first-order valence-corrected chi connectivity index (χ1v) is 5.32. The smallest absolute Gasteiger partial charge is 0.295 e. The molecule has 11 heavy (non-hydrogen) atoms. The minimum absolute atomic E-state index is 0.0957. The topological polar surface area (TPSA) is 52.0 Å². The summed E-state index contributed by atoms with van der Waals surface area (Å²) in [5.74, 6) is 0. The molecule has 0 unspecified atom stereocenters. The molecule has 1 heterocycles. The van der Waals surface area contributed by atoms with Crippen LogP contribution in [0.2, 0.25) is 0 Å². The van der Waals surface area contributed by atoms with Crippen molar-refractivity contribution in [2.75, 3.05) is 0 Å². The van der Waals surface area contributed by atoms with Crippen LogP contribution in [-0.4, -0.2) is 18.0 Å². The number of hydrogen-bond acceptors (Lipinski definition) is 3. The van der Waals surface area contributed by atoms with Gasteiger partial charge in [-0.15, -0.1) is 0 Å². The van der Waals surface area contributed by atoms with Crippen molar-refractivity contribution < 1.29 is 8.42 Å². The molecule has 1 aromatic rings. The second kappa shape index (κ2) is 2.83. The minimum Gasteiger partial charge on any atom is -0.321 e. The lowest BCUT2D eigenvalue weighted by Crippen LogP contribution is -2.03. The van der Waals surface area contributed by atoms with Crippen molar-refractivity contribution in [3.8, 4) is 0 Å². The van der Waals surface area contributed by atoms with Crippen molar-refractivity contribution in [3.05, 3.63) is 12.4 Å². The minimum atomic E-state index is -3.68. The Morgan fingerprint density at radius 2 is 2.36 bits per heavy atom. The van der Waals surface area contributed by atoms with Crippen LogP contribution in [0, 0.1) is 0 Å². The molecule has 0 bridgehead atoms. The third kappa shape index (κ3) is 1.72. The van der Waals surface area contributed by atoms with Crippen molar-refractivity contribution in [2.24, 2.45) is 0 Å². The van der Waals surface area contributed by atoms with E-state index in [1.165, 1.54) is 10.8 Å². The van der Waals surface area contributed by atoms with Crippen LogP contribution in [0.15, 0.2) is 17.6 Å². The largest absolute Gasteiger partial charge is 0.321 e. The van der Waals surface area contributed by atoms with Gasteiger partial charge in [0, 0.05) is 29.6 Å². The van der Waals surface area contributed by atoms with Gasteiger partial charge in [0.15, 0.2) is 0 Å². The van der Waals surface area contributed by atoms with Crippen molar-refractivity contribution >= 4 is 19.7 Å². The van der Waals surface area contributed by atoms with E-state index in [1.54, 1.807) is 6.20 Å². The van der Waals surface area contributed by atoms with Crippen LogP contribution >= 0.6 is 10.7 Å². The summed E-state index contributed by atoms with van der Waals surface area (Å²) in [5, 5.41) is -0.0957. The van der Waals surface area contributed by atoms with E-state index in [4.69, 9.17) is 10.7 Å². The van der Waals surface area contributed by atoms with Gasteiger partial charge in [0.25, 0.3) is 9.05 Å². The normalized spacial score (nSPS) is 11.8. The zero-order valence-corrected chi connectivity index (χ0v) is 7.43. The Kier molecular flexibility index (Phi) is 2.20. The van der Waals surface area contributed by atoms with Gasteiger partial charge in [-0.3, -0.25) is 0 Å². The molecule has 0 spiro atoms. The van der Waals surface area contributed by atoms with Crippen molar-refractivity contribution in [1.29, 1.82) is 0 Å². The van der Waals surface area contributed by atoms with Crippen LogP contribution in [0.5, 0.6) is 0 Å². The fraction of sp³-hybridized carbons (Fsp3) is 0.400.